The molecular formula is C19H33NS. The van der Waals surface area contributed by atoms with Gasteiger partial charge < -0.3 is 5.32 Å². The minimum Gasteiger partial charge on any atom is -0.316 e. The molecule has 0 radical (unpaired) electrons. The molecule has 1 N–H and O–H groups in total. The first-order valence-corrected chi connectivity index (χ1v) is 9.50. The lowest BCUT2D eigenvalue weighted by Crippen LogP contribution is -2.36. The van der Waals surface area contributed by atoms with E-state index in [1.165, 1.54) is 25.8 Å². The summed E-state index contributed by atoms with van der Waals surface area (Å²) >= 11 is 1.96. The van der Waals surface area contributed by atoms with Crippen molar-refractivity contribution in [2.24, 2.45) is 23.2 Å². The summed E-state index contributed by atoms with van der Waals surface area (Å²) in [5, 5.41) is 5.95. The summed E-state index contributed by atoms with van der Waals surface area (Å²) < 4.78 is 0. The van der Waals surface area contributed by atoms with Crippen LogP contribution < -0.4 is 5.32 Å². The van der Waals surface area contributed by atoms with Gasteiger partial charge in [-0.15, -0.1) is 11.3 Å². The van der Waals surface area contributed by atoms with E-state index in [0.717, 1.165) is 30.2 Å². The number of nitrogens with one attached hydrogen (secondary N) is 1. The van der Waals surface area contributed by atoms with Crippen molar-refractivity contribution in [3.63, 3.8) is 0 Å². The van der Waals surface area contributed by atoms with Gasteiger partial charge >= 0.3 is 0 Å². The van der Waals surface area contributed by atoms with Gasteiger partial charge in [-0.1, -0.05) is 40.7 Å². The quantitative estimate of drug-likeness (QED) is 0.753. The zero-order valence-electron chi connectivity index (χ0n) is 14.5. The van der Waals surface area contributed by atoms with E-state index in [1.807, 2.05) is 11.3 Å². The van der Waals surface area contributed by atoms with E-state index >= 15 is 0 Å². The highest BCUT2D eigenvalue weighted by Gasteiger charge is 2.36. The van der Waals surface area contributed by atoms with E-state index in [1.54, 1.807) is 4.88 Å². The molecule has 0 bridgehead atoms. The minimum absolute atomic E-state index is 0.450. The van der Waals surface area contributed by atoms with Crippen LogP contribution in [0.2, 0.25) is 0 Å². The predicted molar refractivity (Wildman–Crippen MR) is 95.1 cm³/mol. The van der Waals surface area contributed by atoms with Gasteiger partial charge in [0.2, 0.25) is 0 Å². The van der Waals surface area contributed by atoms with Gasteiger partial charge in [-0.25, -0.2) is 0 Å². The molecule has 1 heterocycles. The summed E-state index contributed by atoms with van der Waals surface area (Å²) in [5.74, 6) is 3.20. The molecule has 0 amide bonds. The molecule has 1 saturated carbocycles. The Morgan fingerprint density at radius 3 is 2.62 bits per heavy atom. The molecule has 0 aromatic carbocycles. The average Bonchev–Trinajstić information content (AvgIpc) is 2.91. The van der Waals surface area contributed by atoms with E-state index in [0.29, 0.717) is 5.41 Å². The fraction of sp³-hybridized carbons (Fsp3) is 0.789. The molecule has 120 valence electrons. The molecule has 2 rings (SSSR count). The van der Waals surface area contributed by atoms with Crippen LogP contribution in [0, 0.1) is 23.2 Å². The first-order chi connectivity index (χ1) is 9.88. The number of rotatable bonds is 5. The molecule has 1 nitrogen and oxygen atoms in total. The predicted octanol–water partition coefficient (Wildman–Crippen LogP) is 5.54. The molecule has 21 heavy (non-hydrogen) atoms. The third-order valence-electron chi connectivity index (χ3n) is 5.09. The third-order valence-corrected chi connectivity index (χ3v) is 6.09. The maximum atomic E-state index is 3.70. The zero-order valence-corrected chi connectivity index (χ0v) is 15.3. The summed E-state index contributed by atoms with van der Waals surface area (Å²) in [6.45, 7) is 14.2. The topological polar surface area (TPSA) is 12.0 Å². The molecule has 2 heteroatoms. The normalized spacial score (nSPS) is 27.2. The van der Waals surface area contributed by atoms with Crippen LogP contribution >= 0.6 is 11.3 Å². The highest BCUT2D eigenvalue weighted by atomic mass is 32.1. The number of hydrogen-bond donors (Lipinski definition) is 1. The first-order valence-electron chi connectivity index (χ1n) is 8.62. The molecule has 1 fully saturated rings. The van der Waals surface area contributed by atoms with Gasteiger partial charge in [-0.05, 0) is 72.9 Å². The molecule has 1 aromatic rings. The van der Waals surface area contributed by atoms with Crippen LogP contribution in [0.5, 0.6) is 0 Å². The zero-order chi connectivity index (χ0) is 15.5. The highest BCUT2D eigenvalue weighted by molar-refractivity contribution is 7.10. The Hall–Kier alpha value is -0.340. The smallest absolute Gasteiger partial charge is 0.00795 e. The summed E-state index contributed by atoms with van der Waals surface area (Å²) in [6.07, 6.45) is 4.16. The van der Waals surface area contributed by atoms with Gasteiger partial charge in [0, 0.05) is 4.88 Å². The molecule has 3 atom stereocenters. The Bertz CT molecular complexity index is 402. The van der Waals surface area contributed by atoms with Crippen LogP contribution in [-0.2, 0) is 0 Å². The van der Waals surface area contributed by atoms with E-state index in [-0.39, 0.29) is 0 Å². The van der Waals surface area contributed by atoms with Gasteiger partial charge in [0.05, 0.1) is 0 Å². The van der Waals surface area contributed by atoms with Crippen LogP contribution in [0.15, 0.2) is 17.5 Å². The molecule has 0 saturated heterocycles. The monoisotopic (exact) mass is 307 g/mol. The third kappa shape index (κ3) is 4.82. The lowest BCUT2D eigenvalue weighted by Gasteiger charge is -2.42. The molecule has 1 aliphatic rings. The second kappa shape index (κ2) is 7.28. The molecule has 1 aliphatic carbocycles. The summed E-state index contributed by atoms with van der Waals surface area (Å²) in [5.41, 5.74) is 0.450. The van der Waals surface area contributed by atoms with Crippen molar-refractivity contribution in [1.82, 2.24) is 5.32 Å². The fourth-order valence-corrected chi connectivity index (χ4v) is 4.61. The van der Waals surface area contributed by atoms with E-state index in [4.69, 9.17) is 0 Å². The summed E-state index contributed by atoms with van der Waals surface area (Å²) in [7, 11) is 0. The van der Waals surface area contributed by atoms with Crippen LogP contribution in [-0.4, -0.2) is 13.1 Å². The summed E-state index contributed by atoms with van der Waals surface area (Å²) in [6, 6.07) is 4.58. The average molecular weight is 308 g/mol. The first kappa shape index (κ1) is 17.0. The fourth-order valence-electron chi connectivity index (χ4n) is 3.67. The number of hydrogen-bond acceptors (Lipinski definition) is 2. The summed E-state index contributed by atoms with van der Waals surface area (Å²) in [4.78, 5) is 1.61. The second-order valence-electron chi connectivity index (χ2n) is 8.31. The van der Waals surface area contributed by atoms with Gasteiger partial charge in [-0.3, -0.25) is 0 Å². The molecule has 0 aliphatic heterocycles. The maximum absolute atomic E-state index is 3.70. The van der Waals surface area contributed by atoms with E-state index in [2.05, 4.69) is 57.4 Å². The van der Waals surface area contributed by atoms with Crippen molar-refractivity contribution < 1.29 is 0 Å². The molecule has 1 aromatic heterocycles. The minimum atomic E-state index is 0.450. The Balaban J connectivity index is 2.03. The largest absolute Gasteiger partial charge is 0.316 e. The van der Waals surface area contributed by atoms with Crippen LogP contribution in [0.1, 0.15) is 64.7 Å². The Kier molecular flexibility index (Phi) is 5.90. The van der Waals surface area contributed by atoms with Gasteiger partial charge in [0.25, 0.3) is 0 Å². The lowest BCUT2D eigenvalue weighted by atomic mass is 9.65. The van der Waals surface area contributed by atoms with Crippen molar-refractivity contribution in [3.05, 3.63) is 22.4 Å². The number of thiophene rings is 1. The Morgan fingerprint density at radius 2 is 2.05 bits per heavy atom. The molecular weight excluding hydrogens is 274 g/mol. The van der Waals surface area contributed by atoms with E-state index < -0.39 is 0 Å². The molecule has 3 unspecified atom stereocenters. The SMILES string of the molecule is CC(C)CNCC1CCC(C(C)(C)C)CC1c1cccs1. The standard InChI is InChI=1S/C19H33NS/c1-14(2)12-20-13-15-8-9-16(19(3,4)5)11-17(15)18-7-6-10-21-18/h6-7,10,14-17,20H,8-9,11-13H2,1-5H3. The highest BCUT2D eigenvalue weighted by Crippen LogP contribution is 2.47. The van der Waals surface area contributed by atoms with Crippen molar-refractivity contribution in [2.75, 3.05) is 13.1 Å². The van der Waals surface area contributed by atoms with Crippen molar-refractivity contribution >= 4 is 11.3 Å². The van der Waals surface area contributed by atoms with E-state index in [9.17, 15) is 0 Å². The van der Waals surface area contributed by atoms with Crippen LogP contribution in [0.25, 0.3) is 0 Å². The molecule has 0 spiro atoms. The van der Waals surface area contributed by atoms with Crippen molar-refractivity contribution in [1.29, 1.82) is 0 Å². The lowest BCUT2D eigenvalue weighted by molar-refractivity contribution is 0.130. The van der Waals surface area contributed by atoms with Gasteiger partial charge in [0.1, 0.15) is 0 Å². The van der Waals surface area contributed by atoms with Crippen molar-refractivity contribution in [2.45, 2.75) is 59.8 Å². The second-order valence-corrected chi connectivity index (χ2v) is 9.29. The Morgan fingerprint density at radius 1 is 1.29 bits per heavy atom. The van der Waals surface area contributed by atoms with Crippen LogP contribution in [0.4, 0.5) is 0 Å². The Labute approximate surface area is 135 Å². The van der Waals surface area contributed by atoms with Gasteiger partial charge in [0.15, 0.2) is 0 Å². The van der Waals surface area contributed by atoms with Gasteiger partial charge in [-0.2, -0.15) is 0 Å². The maximum Gasteiger partial charge on any atom is 0.00795 e. The van der Waals surface area contributed by atoms with Crippen molar-refractivity contribution in [3.8, 4) is 0 Å². The van der Waals surface area contributed by atoms with Crippen LogP contribution in [0.3, 0.4) is 0 Å².